The van der Waals surface area contributed by atoms with Crippen molar-refractivity contribution in [2.45, 2.75) is 31.7 Å². The maximum atomic E-state index is 13.0. The van der Waals surface area contributed by atoms with Gasteiger partial charge >= 0.3 is 0 Å². The van der Waals surface area contributed by atoms with Gasteiger partial charge in [0.15, 0.2) is 0 Å². The van der Waals surface area contributed by atoms with Crippen LogP contribution >= 0.6 is 0 Å². The zero-order valence-corrected chi connectivity index (χ0v) is 15.1. The summed E-state index contributed by atoms with van der Waals surface area (Å²) in [7, 11) is 1.65. The molecule has 0 aromatic heterocycles. The molecule has 0 bridgehead atoms. The van der Waals surface area contributed by atoms with Crippen LogP contribution in [0, 0.1) is 5.82 Å². The number of hydrogen-bond donors (Lipinski definition) is 1. The van der Waals surface area contributed by atoms with Gasteiger partial charge in [0.1, 0.15) is 11.6 Å². The van der Waals surface area contributed by atoms with Crippen LogP contribution in [0.3, 0.4) is 0 Å². The molecule has 2 aromatic rings. The Morgan fingerprint density at radius 3 is 2.77 bits per heavy atom. The maximum absolute atomic E-state index is 13.0. The summed E-state index contributed by atoms with van der Waals surface area (Å²) >= 11 is 0. The van der Waals surface area contributed by atoms with Crippen LogP contribution < -0.4 is 10.1 Å². The van der Waals surface area contributed by atoms with E-state index in [1.807, 2.05) is 29.2 Å². The molecule has 0 unspecified atom stereocenters. The average Bonchev–Trinajstić information content (AvgIpc) is 2.68. The van der Waals surface area contributed by atoms with Crippen molar-refractivity contribution in [2.24, 2.45) is 0 Å². The number of para-hydroxylation sites is 1. The van der Waals surface area contributed by atoms with E-state index < -0.39 is 0 Å². The topological polar surface area (TPSA) is 41.6 Å². The van der Waals surface area contributed by atoms with E-state index in [9.17, 15) is 9.18 Å². The number of rotatable bonds is 6. The van der Waals surface area contributed by atoms with Crippen molar-refractivity contribution < 1.29 is 13.9 Å². The summed E-state index contributed by atoms with van der Waals surface area (Å²) in [6.45, 7) is 1.48. The van der Waals surface area contributed by atoms with Gasteiger partial charge in [-0.05, 0) is 55.2 Å². The molecule has 4 nitrogen and oxygen atoms in total. The fourth-order valence-electron chi connectivity index (χ4n) is 3.41. The van der Waals surface area contributed by atoms with Crippen LogP contribution in [0.15, 0.2) is 48.5 Å². The Morgan fingerprint density at radius 1 is 1.23 bits per heavy atom. The molecule has 138 valence electrons. The molecule has 1 aliphatic heterocycles. The van der Waals surface area contributed by atoms with Gasteiger partial charge in [-0.1, -0.05) is 18.2 Å². The van der Waals surface area contributed by atoms with E-state index in [0.29, 0.717) is 19.4 Å². The molecule has 0 saturated carbocycles. The molecule has 26 heavy (non-hydrogen) atoms. The van der Waals surface area contributed by atoms with E-state index in [-0.39, 0.29) is 17.8 Å². The lowest BCUT2D eigenvalue weighted by Gasteiger charge is -2.34. The van der Waals surface area contributed by atoms with Crippen LogP contribution in [-0.2, 0) is 11.2 Å². The minimum atomic E-state index is -0.243. The number of benzene rings is 2. The van der Waals surface area contributed by atoms with E-state index in [0.717, 1.165) is 36.4 Å². The molecular weight excluding hydrogens is 331 g/mol. The monoisotopic (exact) mass is 356 g/mol. The zero-order valence-electron chi connectivity index (χ0n) is 15.1. The van der Waals surface area contributed by atoms with Crippen molar-refractivity contribution in [3.05, 3.63) is 59.9 Å². The van der Waals surface area contributed by atoms with Crippen LogP contribution in [0.5, 0.6) is 5.75 Å². The summed E-state index contributed by atoms with van der Waals surface area (Å²) in [4.78, 5) is 14.6. The number of ether oxygens (including phenoxy) is 1. The van der Waals surface area contributed by atoms with Crippen LogP contribution in [0.2, 0.25) is 0 Å². The standard InChI is InChI=1S/C21H25FN2O2/c1-26-20-7-3-2-5-16(20)8-13-21(25)24-14-4-6-19(15-24)23-18-11-9-17(22)10-12-18/h2-3,5,7,9-12,19,23H,4,6,8,13-15H2,1H3/t19-/m0/s1. The smallest absolute Gasteiger partial charge is 0.222 e. The van der Waals surface area contributed by atoms with Gasteiger partial charge in [-0.25, -0.2) is 4.39 Å². The molecule has 3 rings (SSSR count). The summed E-state index contributed by atoms with van der Waals surface area (Å²) in [5.74, 6) is 0.753. The Morgan fingerprint density at radius 2 is 2.00 bits per heavy atom. The normalized spacial score (nSPS) is 17.0. The van der Waals surface area contributed by atoms with Gasteiger partial charge in [0.05, 0.1) is 7.11 Å². The number of methoxy groups -OCH3 is 1. The largest absolute Gasteiger partial charge is 0.496 e. The van der Waals surface area contributed by atoms with Crippen LogP contribution in [-0.4, -0.2) is 37.0 Å². The first-order valence-electron chi connectivity index (χ1n) is 9.07. The molecule has 1 saturated heterocycles. The van der Waals surface area contributed by atoms with E-state index >= 15 is 0 Å². The number of anilines is 1. The molecule has 5 heteroatoms. The SMILES string of the molecule is COc1ccccc1CCC(=O)N1CCC[C@H](Nc2ccc(F)cc2)C1. The van der Waals surface area contributed by atoms with Gasteiger partial charge in [0.2, 0.25) is 5.91 Å². The first kappa shape index (κ1) is 18.2. The highest BCUT2D eigenvalue weighted by atomic mass is 19.1. The number of carbonyl (C=O) groups is 1. The van der Waals surface area contributed by atoms with Gasteiger partial charge in [-0.3, -0.25) is 4.79 Å². The number of nitrogens with one attached hydrogen (secondary N) is 1. The highest BCUT2D eigenvalue weighted by Crippen LogP contribution is 2.21. The lowest BCUT2D eigenvalue weighted by molar-refractivity contribution is -0.132. The Kier molecular flexibility index (Phi) is 6.10. The van der Waals surface area contributed by atoms with E-state index in [4.69, 9.17) is 4.74 Å². The third kappa shape index (κ3) is 4.75. The number of piperidine rings is 1. The third-order valence-corrected chi connectivity index (χ3v) is 4.79. The minimum Gasteiger partial charge on any atom is -0.496 e. The summed E-state index contributed by atoms with van der Waals surface area (Å²) in [5.41, 5.74) is 1.95. The number of likely N-dealkylation sites (tertiary alicyclic amines) is 1. The molecular formula is C21H25FN2O2. The number of carbonyl (C=O) groups excluding carboxylic acids is 1. The van der Waals surface area contributed by atoms with Gasteiger partial charge in [-0.15, -0.1) is 0 Å². The highest BCUT2D eigenvalue weighted by Gasteiger charge is 2.23. The Bertz CT molecular complexity index is 733. The van der Waals surface area contributed by atoms with Gasteiger partial charge in [0, 0.05) is 31.2 Å². The lowest BCUT2D eigenvalue weighted by Crippen LogP contribution is -2.45. The molecule has 0 spiro atoms. The predicted octanol–water partition coefficient (Wildman–Crippen LogP) is 3.87. The zero-order chi connectivity index (χ0) is 18.4. The minimum absolute atomic E-state index is 0.168. The van der Waals surface area contributed by atoms with E-state index in [2.05, 4.69) is 5.32 Å². The van der Waals surface area contributed by atoms with Crippen molar-refractivity contribution in [3.63, 3.8) is 0 Å². The average molecular weight is 356 g/mol. The summed E-state index contributed by atoms with van der Waals surface area (Å²) in [6.07, 6.45) is 3.13. The quantitative estimate of drug-likeness (QED) is 0.854. The van der Waals surface area contributed by atoms with Gasteiger partial charge in [-0.2, -0.15) is 0 Å². The van der Waals surface area contributed by atoms with Crippen molar-refractivity contribution in [2.75, 3.05) is 25.5 Å². The van der Waals surface area contributed by atoms with E-state index in [1.165, 1.54) is 12.1 Å². The number of nitrogens with zero attached hydrogens (tertiary/aromatic N) is 1. The fourth-order valence-corrected chi connectivity index (χ4v) is 3.41. The molecule has 1 fully saturated rings. The molecule has 1 heterocycles. The van der Waals surface area contributed by atoms with Crippen LogP contribution in [0.4, 0.5) is 10.1 Å². The Hall–Kier alpha value is -2.56. The number of amides is 1. The number of hydrogen-bond acceptors (Lipinski definition) is 3. The third-order valence-electron chi connectivity index (χ3n) is 4.79. The second kappa shape index (κ2) is 8.70. The lowest BCUT2D eigenvalue weighted by atomic mass is 10.0. The summed E-state index contributed by atoms with van der Waals surface area (Å²) < 4.78 is 18.4. The molecule has 1 aliphatic rings. The summed E-state index contributed by atoms with van der Waals surface area (Å²) in [6, 6.07) is 14.4. The van der Waals surface area contributed by atoms with Crippen molar-refractivity contribution in [3.8, 4) is 5.75 Å². The summed E-state index contributed by atoms with van der Waals surface area (Å²) in [5, 5.41) is 3.40. The van der Waals surface area contributed by atoms with Crippen LogP contribution in [0.1, 0.15) is 24.8 Å². The fraction of sp³-hybridized carbons (Fsp3) is 0.381. The van der Waals surface area contributed by atoms with Gasteiger partial charge < -0.3 is 15.0 Å². The van der Waals surface area contributed by atoms with E-state index in [1.54, 1.807) is 19.2 Å². The second-order valence-electron chi connectivity index (χ2n) is 6.64. The molecule has 0 aliphatic carbocycles. The van der Waals surface area contributed by atoms with Crippen LogP contribution in [0.25, 0.3) is 0 Å². The first-order valence-corrected chi connectivity index (χ1v) is 9.07. The molecule has 1 amide bonds. The maximum Gasteiger partial charge on any atom is 0.222 e. The Balaban J connectivity index is 1.53. The Labute approximate surface area is 154 Å². The number of aryl methyl sites for hydroxylation is 1. The molecule has 1 atom stereocenters. The van der Waals surface area contributed by atoms with Gasteiger partial charge in [0.25, 0.3) is 0 Å². The number of halogens is 1. The molecule has 0 radical (unpaired) electrons. The van der Waals surface area contributed by atoms with Crippen molar-refractivity contribution >= 4 is 11.6 Å². The molecule has 1 N–H and O–H groups in total. The van der Waals surface area contributed by atoms with Crippen molar-refractivity contribution in [1.29, 1.82) is 0 Å². The first-order chi connectivity index (χ1) is 12.7. The predicted molar refractivity (Wildman–Crippen MR) is 101 cm³/mol. The molecule has 2 aromatic carbocycles. The highest BCUT2D eigenvalue weighted by molar-refractivity contribution is 5.76. The second-order valence-corrected chi connectivity index (χ2v) is 6.64. The van der Waals surface area contributed by atoms with Crippen molar-refractivity contribution in [1.82, 2.24) is 4.90 Å².